The number of hydrogen-bond acceptors (Lipinski definition) is 3. The second kappa shape index (κ2) is 7.14. The predicted molar refractivity (Wildman–Crippen MR) is 83.1 cm³/mol. The van der Waals surface area contributed by atoms with Crippen LogP contribution in [0.3, 0.4) is 0 Å². The summed E-state index contributed by atoms with van der Waals surface area (Å²) >= 11 is 4.95. The van der Waals surface area contributed by atoms with Gasteiger partial charge in [0.15, 0.2) is 0 Å². The van der Waals surface area contributed by atoms with Crippen molar-refractivity contribution in [1.29, 1.82) is 0 Å². The minimum Gasteiger partial charge on any atom is -0.396 e. The summed E-state index contributed by atoms with van der Waals surface area (Å²) in [5, 5.41) is 0. The number of nitrogens with zero attached hydrogens (tertiary/aromatic N) is 1. The minimum atomic E-state index is -0.526. The van der Waals surface area contributed by atoms with E-state index in [1.165, 1.54) is 12.1 Å². The molecule has 1 atom stereocenters. The van der Waals surface area contributed by atoms with Crippen LogP contribution in [-0.4, -0.2) is 35.9 Å². The van der Waals surface area contributed by atoms with Crippen LogP contribution in [0.5, 0.6) is 0 Å². The fraction of sp³-hybridized carbons (Fsp3) is 0.462. The van der Waals surface area contributed by atoms with Crippen LogP contribution in [0.1, 0.15) is 23.7 Å². The zero-order valence-electron chi connectivity index (χ0n) is 11.2. The Balaban J connectivity index is 2.91. The molecule has 0 spiro atoms. The van der Waals surface area contributed by atoms with Crippen molar-refractivity contribution in [2.75, 3.05) is 24.8 Å². The van der Waals surface area contributed by atoms with Crippen molar-refractivity contribution >= 4 is 39.3 Å². The van der Waals surface area contributed by atoms with E-state index in [4.69, 9.17) is 5.73 Å². The minimum absolute atomic E-state index is 0.0169. The van der Waals surface area contributed by atoms with E-state index in [-0.39, 0.29) is 17.6 Å². The lowest BCUT2D eigenvalue weighted by molar-refractivity contribution is 0.0740. The number of benzene rings is 1. The highest BCUT2D eigenvalue weighted by molar-refractivity contribution is 9.10. The maximum atomic E-state index is 13.3. The van der Waals surface area contributed by atoms with Crippen LogP contribution in [0.15, 0.2) is 16.6 Å². The number of nitrogen functional groups attached to an aromatic ring is 1. The van der Waals surface area contributed by atoms with Gasteiger partial charge in [-0.15, -0.1) is 0 Å². The molecular formula is C13H18BrFN2OS. The molecule has 19 heavy (non-hydrogen) atoms. The van der Waals surface area contributed by atoms with E-state index in [1.807, 2.05) is 13.2 Å². The highest BCUT2D eigenvalue weighted by atomic mass is 79.9. The molecule has 0 heterocycles. The molecule has 1 aromatic rings. The Morgan fingerprint density at radius 2 is 2.21 bits per heavy atom. The Hall–Kier alpha value is -0.750. The first-order valence-corrected chi connectivity index (χ1v) is 8.07. The SMILES string of the molecule is CSCCC(C)N(C)C(=O)c1cc(N)c(F)cc1Br. The smallest absolute Gasteiger partial charge is 0.255 e. The van der Waals surface area contributed by atoms with E-state index in [0.717, 1.165) is 12.2 Å². The van der Waals surface area contributed by atoms with Crippen molar-refractivity contribution in [3.8, 4) is 0 Å². The van der Waals surface area contributed by atoms with Gasteiger partial charge in [0.2, 0.25) is 0 Å². The largest absolute Gasteiger partial charge is 0.396 e. The van der Waals surface area contributed by atoms with Gasteiger partial charge >= 0.3 is 0 Å². The van der Waals surface area contributed by atoms with E-state index in [9.17, 15) is 9.18 Å². The van der Waals surface area contributed by atoms with Crippen LogP contribution in [0.25, 0.3) is 0 Å². The topological polar surface area (TPSA) is 46.3 Å². The molecule has 0 aliphatic rings. The first kappa shape index (κ1) is 16.3. The Bertz CT molecular complexity index is 470. The van der Waals surface area contributed by atoms with Crippen LogP contribution < -0.4 is 5.73 Å². The van der Waals surface area contributed by atoms with Crippen LogP contribution >= 0.6 is 27.7 Å². The van der Waals surface area contributed by atoms with Crippen molar-refractivity contribution in [1.82, 2.24) is 4.90 Å². The van der Waals surface area contributed by atoms with Crippen molar-refractivity contribution < 1.29 is 9.18 Å². The summed E-state index contributed by atoms with van der Waals surface area (Å²) in [6, 6.07) is 2.72. The molecule has 3 nitrogen and oxygen atoms in total. The third-order valence-corrected chi connectivity index (χ3v) is 4.34. The number of nitrogens with two attached hydrogens (primary N) is 1. The number of rotatable bonds is 5. The Morgan fingerprint density at radius 3 is 2.79 bits per heavy atom. The summed E-state index contributed by atoms with van der Waals surface area (Å²) in [4.78, 5) is 14.0. The van der Waals surface area contributed by atoms with E-state index >= 15 is 0 Å². The van der Waals surface area contributed by atoms with Gasteiger partial charge in [-0.25, -0.2) is 4.39 Å². The number of halogens is 2. The molecule has 1 aromatic carbocycles. The number of carbonyl (C=O) groups is 1. The van der Waals surface area contributed by atoms with E-state index in [1.54, 1.807) is 23.7 Å². The summed E-state index contributed by atoms with van der Waals surface area (Å²) in [6.07, 6.45) is 2.95. The summed E-state index contributed by atoms with van der Waals surface area (Å²) in [7, 11) is 1.75. The zero-order valence-corrected chi connectivity index (χ0v) is 13.6. The van der Waals surface area contributed by atoms with Gasteiger partial charge in [0.1, 0.15) is 5.82 Å². The third kappa shape index (κ3) is 4.11. The van der Waals surface area contributed by atoms with Crippen LogP contribution in [0, 0.1) is 5.82 Å². The number of hydrogen-bond donors (Lipinski definition) is 1. The highest BCUT2D eigenvalue weighted by Gasteiger charge is 2.20. The zero-order chi connectivity index (χ0) is 14.6. The van der Waals surface area contributed by atoms with Gasteiger partial charge in [-0.1, -0.05) is 0 Å². The van der Waals surface area contributed by atoms with Gasteiger partial charge in [-0.2, -0.15) is 11.8 Å². The molecule has 106 valence electrons. The molecule has 0 aliphatic heterocycles. The predicted octanol–water partition coefficient (Wildman–Crippen LogP) is 3.38. The maximum absolute atomic E-state index is 13.3. The normalized spacial score (nSPS) is 12.3. The standard InChI is InChI=1S/C13H18BrFN2OS/c1-8(4-5-19-3)17(2)13(18)9-6-12(16)11(15)7-10(9)14/h6-8H,4-5,16H2,1-3H3. The number of thioether (sulfide) groups is 1. The molecule has 1 amide bonds. The highest BCUT2D eigenvalue weighted by Crippen LogP contribution is 2.24. The molecule has 0 aliphatic carbocycles. The lowest BCUT2D eigenvalue weighted by Gasteiger charge is -2.25. The fourth-order valence-electron chi connectivity index (χ4n) is 1.60. The summed E-state index contributed by atoms with van der Waals surface area (Å²) in [5.74, 6) is 0.305. The van der Waals surface area contributed by atoms with Gasteiger partial charge in [0.25, 0.3) is 5.91 Å². The molecule has 0 bridgehead atoms. The average molecular weight is 349 g/mol. The quantitative estimate of drug-likeness (QED) is 0.829. The molecule has 0 saturated carbocycles. The summed E-state index contributed by atoms with van der Waals surface area (Å²) in [5.41, 5.74) is 5.88. The molecule has 0 saturated heterocycles. The van der Waals surface area contributed by atoms with E-state index < -0.39 is 5.82 Å². The van der Waals surface area contributed by atoms with E-state index in [2.05, 4.69) is 15.9 Å². The average Bonchev–Trinajstić information content (AvgIpc) is 2.38. The lowest BCUT2D eigenvalue weighted by atomic mass is 10.1. The van der Waals surface area contributed by atoms with Crippen molar-refractivity contribution in [2.45, 2.75) is 19.4 Å². The number of carbonyl (C=O) groups excluding carboxylic acids is 1. The Morgan fingerprint density at radius 1 is 1.58 bits per heavy atom. The van der Waals surface area contributed by atoms with Crippen molar-refractivity contribution in [3.05, 3.63) is 28.0 Å². The Kier molecular flexibility index (Phi) is 6.13. The lowest BCUT2D eigenvalue weighted by Crippen LogP contribution is -2.35. The van der Waals surface area contributed by atoms with Crippen LogP contribution in [0.2, 0.25) is 0 Å². The van der Waals surface area contributed by atoms with E-state index in [0.29, 0.717) is 10.0 Å². The first-order chi connectivity index (χ1) is 8.88. The molecule has 0 fully saturated rings. The Labute approximate surface area is 125 Å². The second-order valence-electron chi connectivity index (χ2n) is 4.40. The van der Waals surface area contributed by atoms with Crippen molar-refractivity contribution in [3.63, 3.8) is 0 Å². The van der Waals surface area contributed by atoms with Crippen molar-refractivity contribution in [2.24, 2.45) is 0 Å². The number of anilines is 1. The second-order valence-corrected chi connectivity index (χ2v) is 6.24. The maximum Gasteiger partial charge on any atom is 0.255 e. The van der Waals surface area contributed by atoms with Gasteiger partial charge in [-0.3, -0.25) is 4.79 Å². The van der Waals surface area contributed by atoms with Crippen LogP contribution in [-0.2, 0) is 0 Å². The molecule has 0 radical (unpaired) electrons. The summed E-state index contributed by atoms with van der Waals surface area (Å²) in [6.45, 7) is 1.99. The molecule has 1 unspecified atom stereocenters. The molecule has 1 rings (SSSR count). The monoisotopic (exact) mass is 348 g/mol. The van der Waals surface area contributed by atoms with Gasteiger partial charge < -0.3 is 10.6 Å². The number of amides is 1. The third-order valence-electron chi connectivity index (χ3n) is 3.04. The fourth-order valence-corrected chi connectivity index (χ4v) is 2.66. The molecule has 6 heteroatoms. The van der Waals surface area contributed by atoms with Crippen LogP contribution in [0.4, 0.5) is 10.1 Å². The van der Waals surface area contributed by atoms with Gasteiger partial charge in [0, 0.05) is 17.6 Å². The van der Waals surface area contributed by atoms with Gasteiger partial charge in [0.05, 0.1) is 11.3 Å². The molecule has 0 aromatic heterocycles. The first-order valence-electron chi connectivity index (χ1n) is 5.89. The molecular weight excluding hydrogens is 331 g/mol. The molecule has 2 N–H and O–H groups in total. The van der Waals surface area contributed by atoms with Gasteiger partial charge in [-0.05, 0) is 53.4 Å². The summed E-state index contributed by atoms with van der Waals surface area (Å²) < 4.78 is 13.7.